The minimum Gasteiger partial charge on any atom is -0.493 e. The Morgan fingerprint density at radius 2 is 2.00 bits per heavy atom. The highest BCUT2D eigenvalue weighted by atomic mass is 16.5. The third kappa shape index (κ3) is 3.05. The van der Waals surface area contributed by atoms with E-state index in [4.69, 9.17) is 9.47 Å². The first-order valence-electron chi connectivity index (χ1n) is 6.50. The first-order chi connectivity index (χ1) is 10.1. The zero-order valence-corrected chi connectivity index (χ0v) is 12.5. The number of allylic oxidation sites excluding steroid dienone is 1. The summed E-state index contributed by atoms with van der Waals surface area (Å²) in [6, 6.07) is 5.53. The summed E-state index contributed by atoms with van der Waals surface area (Å²) in [5.41, 5.74) is 3.07. The average Bonchev–Trinajstić information content (AvgIpc) is 2.88. The lowest BCUT2D eigenvalue weighted by atomic mass is 10.1. The molecule has 1 aromatic heterocycles. The van der Waals surface area contributed by atoms with Crippen molar-refractivity contribution in [2.24, 2.45) is 0 Å². The molecular weight excluding hydrogens is 270 g/mol. The van der Waals surface area contributed by atoms with Gasteiger partial charge in [0, 0.05) is 5.56 Å². The number of ether oxygens (including phenoxy) is 2. The van der Waals surface area contributed by atoms with Crippen LogP contribution in [-0.4, -0.2) is 34.3 Å². The molecule has 2 aromatic rings. The van der Waals surface area contributed by atoms with Crippen LogP contribution in [0, 0.1) is 0 Å². The average molecular weight is 289 g/mol. The molecule has 0 bridgehead atoms. The Kier molecular flexibility index (Phi) is 4.59. The lowest BCUT2D eigenvalue weighted by molar-refractivity contribution is 0.277. The van der Waals surface area contributed by atoms with Crippen LogP contribution in [0.1, 0.15) is 12.6 Å². The van der Waals surface area contributed by atoms with Crippen molar-refractivity contribution in [2.75, 3.05) is 14.2 Å². The highest BCUT2D eigenvalue weighted by Gasteiger charge is 2.16. The number of hydrogen-bond acceptors (Lipinski definition) is 5. The van der Waals surface area contributed by atoms with Crippen LogP contribution in [0.5, 0.6) is 11.5 Å². The van der Waals surface area contributed by atoms with Gasteiger partial charge in [0.15, 0.2) is 11.5 Å². The quantitative estimate of drug-likeness (QED) is 0.824. The third-order valence-corrected chi connectivity index (χ3v) is 3.03. The number of aliphatic hydroxyl groups is 1. The zero-order valence-electron chi connectivity index (χ0n) is 12.5. The fourth-order valence-electron chi connectivity index (χ4n) is 2.12. The largest absolute Gasteiger partial charge is 0.493 e. The fourth-order valence-corrected chi connectivity index (χ4v) is 2.12. The topological polar surface area (TPSA) is 69.4 Å². The molecule has 1 N–H and O–H groups in total. The Morgan fingerprint density at radius 3 is 2.57 bits per heavy atom. The Labute approximate surface area is 123 Å². The molecule has 0 radical (unpaired) electrons. The van der Waals surface area contributed by atoms with Gasteiger partial charge in [-0.2, -0.15) is 0 Å². The van der Waals surface area contributed by atoms with Crippen LogP contribution in [0.25, 0.3) is 11.3 Å². The van der Waals surface area contributed by atoms with Crippen molar-refractivity contribution in [3.05, 3.63) is 36.0 Å². The lowest BCUT2D eigenvalue weighted by Crippen LogP contribution is -2.04. The van der Waals surface area contributed by atoms with Crippen molar-refractivity contribution in [1.29, 1.82) is 0 Å². The van der Waals surface area contributed by atoms with E-state index in [1.54, 1.807) is 18.9 Å². The van der Waals surface area contributed by atoms with Gasteiger partial charge in [-0.15, -0.1) is 5.10 Å². The lowest BCUT2D eigenvalue weighted by Gasteiger charge is -2.11. The second-order valence-electron chi connectivity index (χ2n) is 4.73. The molecule has 6 nitrogen and oxygen atoms in total. The van der Waals surface area contributed by atoms with E-state index in [9.17, 15) is 5.11 Å². The van der Waals surface area contributed by atoms with E-state index in [-0.39, 0.29) is 6.61 Å². The van der Waals surface area contributed by atoms with E-state index in [2.05, 4.69) is 16.9 Å². The van der Waals surface area contributed by atoms with Crippen molar-refractivity contribution >= 4 is 0 Å². The molecule has 0 amide bonds. The molecule has 0 aliphatic heterocycles. The van der Waals surface area contributed by atoms with Crippen molar-refractivity contribution in [3.63, 3.8) is 0 Å². The maximum atomic E-state index is 9.46. The predicted octanol–water partition coefficient (Wildman–Crippen LogP) is 2.03. The van der Waals surface area contributed by atoms with Crippen LogP contribution in [0.15, 0.2) is 30.4 Å². The van der Waals surface area contributed by atoms with E-state index >= 15 is 0 Å². The van der Waals surface area contributed by atoms with E-state index in [0.29, 0.717) is 23.7 Å². The van der Waals surface area contributed by atoms with Gasteiger partial charge in [-0.3, -0.25) is 0 Å². The van der Waals surface area contributed by atoms with Crippen molar-refractivity contribution < 1.29 is 14.6 Å². The molecule has 0 aliphatic rings. The summed E-state index contributed by atoms with van der Waals surface area (Å²) in [6.45, 7) is 6.16. The zero-order chi connectivity index (χ0) is 15.4. The molecule has 21 heavy (non-hydrogen) atoms. The summed E-state index contributed by atoms with van der Waals surface area (Å²) < 4.78 is 12.3. The van der Waals surface area contributed by atoms with Gasteiger partial charge in [0.2, 0.25) is 0 Å². The molecule has 112 valence electrons. The fraction of sp³-hybridized carbons (Fsp3) is 0.333. The predicted molar refractivity (Wildman–Crippen MR) is 79.3 cm³/mol. The van der Waals surface area contributed by atoms with Gasteiger partial charge in [-0.25, -0.2) is 4.68 Å². The van der Waals surface area contributed by atoms with E-state index in [1.807, 2.05) is 25.1 Å². The van der Waals surface area contributed by atoms with Gasteiger partial charge in [0.25, 0.3) is 0 Å². The molecule has 0 saturated carbocycles. The summed E-state index contributed by atoms with van der Waals surface area (Å²) in [6.07, 6.45) is 0. The highest BCUT2D eigenvalue weighted by Crippen LogP contribution is 2.33. The molecule has 1 heterocycles. The number of nitrogens with zero attached hydrogens (tertiary/aromatic N) is 3. The maximum absolute atomic E-state index is 9.46. The normalized spacial score (nSPS) is 10.5. The van der Waals surface area contributed by atoms with E-state index < -0.39 is 0 Å². The van der Waals surface area contributed by atoms with Gasteiger partial charge in [0.05, 0.1) is 33.1 Å². The van der Waals surface area contributed by atoms with Crippen LogP contribution >= 0.6 is 0 Å². The minimum absolute atomic E-state index is 0.181. The number of methoxy groups -OCH3 is 2. The number of aliphatic hydroxyl groups excluding tert-OH is 1. The van der Waals surface area contributed by atoms with Crippen molar-refractivity contribution in [1.82, 2.24) is 15.0 Å². The molecule has 6 heteroatoms. The van der Waals surface area contributed by atoms with Gasteiger partial charge in [-0.1, -0.05) is 17.4 Å². The Balaban J connectivity index is 2.54. The molecule has 0 saturated heterocycles. The molecule has 0 unspecified atom stereocenters. The number of rotatable bonds is 6. The van der Waals surface area contributed by atoms with Gasteiger partial charge in [-0.05, 0) is 25.1 Å². The van der Waals surface area contributed by atoms with Crippen LogP contribution in [0.3, 0.4) is 0 Å². The summed E-state index contributed by atoms with van der Waals surface area (Å²) in [5, 5.41) is 17.5. The molecule has 1 aromatic carbocycles. The van der Waals surface area contributed by atoms with Crippen LogP contribution < -0.4 is 9.47 Å². The maximum Gasteiger partial charge on any atom is 0.161 e. The monoisotopic (exact) mass is 289 g/mol. The van der Waals surface area contributed by atoms with E-state index in [0.717, 1.165) is 16.8 Å². The van der Waals surface area contributed by atoms with Crippen LogP contribution in [0.4, 0.5) is 0 Å². The number of aromatic nitrogens is 3. The Morgan fingerprint density at radius 1 is 1.29 bits per heavy atom. The van der Waals surface area contributed by atoms with Crippen molar-refractivity contribution in [2.45, 2.75) is 20.1 Å². The standard InChI is InChI=1S/C15H19N3O3/c1-10(2)8-18-15(12(9-19)16-17-18)11-5-6-13(20-3)14(7-11)21-4/h5-7,19H,1,8-9H2,2-4H3. The number of benzene rings is 1. The van der Waals surface area contributed by atoms with Gasteiger partial charge < -0.3 is 14.6 Å². The molecule has 0 atom stereocenters. The third-order valence-electron chi connectivity index (χ3n) is 3.03. The smallest absolute Gasteiger partial charge is 0.161 e. The second-order valence-corrected chi connectivity index (χ2v) is 4.73. The SMILES string of the molecule is C=C(C)Cn1nnc(CO)c1-c1ccc(OC)c(OC)c1. The molecule has 2 rings (SSSR count). The number of hydrogen-bond donors (Lipinski definition) is 1. The second kappa shape index (κ2) is 6.41. The molecule has 0 fully saturated rings. The molecular formula is C15H19N3O3. The first kappa shape index (κ1) is 15.1. The van der Waals surface area contributed by atoms with E-state index in [1.165, 1.54) is 0 Å². The minimum atomic E-state index is -0.181. The first-order valence-corrected chi connectivity index (χ1v) is 6.50. The Bertz CT molecular complexity index is 650. The molecule has 0 spiro atoms. The summed E-state index contributed by atoms with van der Waals surface area (Å²) in [4.78, 5) is 0. The molecule has 0 aliphatic carbocycles. The Hall–Kier alpha value is -2.34. The van der Waals surface area contributed by atoms with Crippen LogP contribution in [-0.2, 0) is 13.2 Å². The summed E-state index contributed by atoms with van der Waals surface area (Å²) in [7, 11) is 3.17. The summed E-state index contributed by atoms with van der Waals surface area (Å²) >= 11 is 0. The van der Waals surface area contributed by atoms with Crippen LogP contribution in [0.2, 0.25) is 0 Å². The van der Waals surface area contributed by atoms with Gasteiger partial charge >= 0.3 is 0 Å². The summed E-state index contributed by atoms with van der Waals surface area (Å²) in [5.74, 6) is 1.26. The van der Waals surface area contributed by atoms with Crippen molar-refractivity contribution in [3.8, 4) is 22.8 Å². The van der Waals surface area contributed by atoms with Gasteiger partial charge in [0.1, 0.15) is 5.69 Å². The highest BCUT2D eigenvalue weighted by molar-refractivity contribution is 5.66.